The Balaban J connectivity index is 0.000000250. The van der Waals surface area contributed by atoms with Crippen LogP contribution in [0.2, 0.25) is 0 Å². The Kier molecular flexibility index (Phi) is 12.1. The third-order valence-electron chi connectivity index (χ3n) is 4.30. The topological polar surface area (TPSA) is 52.0 Å². The minimum absolute atomic E-state index is 0.0976. The van der Waals surface area contributed by atoms with Crippen LogP contribution in [0.1, 0.15) is 71.1 Å². The number of benzene rings is 2. The van der Waals surface area contributed by atoms with Gasteiger partial charge in [-0.15, -0.1) is 0 Å². The second-order valence-corrected chi connectivity index (χ2v) is 6.63. The van der Waals surface area contributed by atoms with Gasteiger partial charge in [-0.2, -0.15) is 0 Å². The molecule has 0 aliphatic heterocycles. The highest BCUT2D eigenvalue weighted by atomic mass is 14.8. The standard InChI is InChI=1S/C12H28N2.C10H8/c1-2-3-4-5-6-7-8-9-10-11-12(13)14;1-2-6-10-8-4-3-7-9(10)5-1/h12H,2-11,13-14H2,1H3;1-8H. The van der Waals surface area contributed by atoms with Crippen LogP contribution in [0.25, 0.3) is 10.8 Å². The molecule has 2 aromatic rings. The first-order valence-corrected chi connectivity index (χ1v) is 9.69. The van der Waals surface area contributed by atoms with Gasteiger partial charge in [-0.3, -0.25) is 0 Å². The number of hydrogen-bond acceptors (Lipinski definition) is 2. The van der Waals surface area contributed by atoms with Crippen molar-refractivity contribution in [2.75, 3.05) is 0 Å². The van der Waals surface area contributed by atoms with Gasteiger partial charge in [0.15, 0.2) is 0 Å². The predicted molar refractivity (Wildman–Crippen MR) is 108 cm³/mol. The number of nitrogens with two attached hydrogens (primary N) is 2. The average molecular weight is 329 g/mol. The van der Waals surface area contributed by atoms with Crippen molar-refractivity contribution < 1.29 is 0 Å². The second-order valence-electron chi connectivity index (χ2n) is 6.63. The molecule has 24 heavy (non-hydrogen) atoms. The van der Waals surface area contributed by atoms with Crippen molar-refractivity contribution in [3.63, 3.8) is 0 Å². The fraction of sp³-hybridized carbons (Fsp3) is 0.545. The second kappa shape index (κ2) is 14.0. The fourth-order valence-electron chi connectivity index (χ4n) is 2.82. The molecule has 0 aliphatic carbocycles. The first kappa shape index (κ1) is 20.7. The smallest absolute Gasteiger partial charge is 0.0520 e. The van der Waals surface area contributed by atoms with E-state index in [0.717, 1.165) is 6.42 Å². The molecule has 0 heterocycles. The van der Waals surface area contributed by atoms with Crippen LogP contribution in [-0.4, -0.2) is 6.17 Å². The summed E-state index contributed by atoms with van der Waals surface area (Å²) in [5.74, 6) is 0. The van der Waals surface area contributed by atoms with E-state index in [-0.39, 0.29) is 6.17 Å². The van der Waals surface area contributed by atoms with E-state index in [2.05, 4.69) is 55.5 Å². The van der Waals surface area contributed by atoms with E-state index in [4.69, 9.17) is 11.5 Å². The fourth-order valence-corrected chi connectivity index (χ4v) is 2.82. The molecule has 134 valence electrons. The maximum atomic E-state index is 5.47. The minimum Gasteiger partial charge on any atom is -0.316 e. The van der Waals surface area contributed by atoms with Crippen LogP contribution >= 0.6 is 0 Å². The molecular formula is C22H36N2. The third-order valence-corrected chi connectivity index (χ3v) is 4.30. The summed E-state index contributed by atoms with van der Waals surface area (Å²) in [6, 6.07) is 16.7. The van der Waals surface area contributed by atoms with E-state index in [1.165, 1.54) is 68.6 Å². The van der Waals surface area contributed by atoms with E-state index in [1.54, 1.807) is 0 Å². The molecule has 0 saturated heterocycles. The van der Waals surface area contributed by atoms with Crippen molar-refractivity contribution in [2.24, 2.45) is 11.5 Å². The summed E-state index contributed by atoms with van der Waals surface area (Å²) in [6.45, 7) is 2.26. The largest absolute Gasteiger partial charge is 0.316 e. The molecule has 0 saturated carbocycles. The van der Waals surface area contributed by atoms with Gasteiger partial charge in [-0.05, 0) is 17.2 Å². The lowest BCUT2D eigenvalue weighted by Crippen LogP contribution is -2.29. The quantitative estimate of drug-likeness (QED) is 0.415. The van der Waals surface area contributed by atoms with Gasteiger partial charge in [0.2, 0.25) is 0 Å². The number of rotatable bonds is 10. The Morgan fingerprint density at radius 2 is 1.00 bits per heavy atom. The molecule has 2 heteroatoms. The van der Waals surface area contributed by atoms with Gasteiger partial charge in [0.05, 0.1) is 6.17 Å². The van der Waals surface area contributed by atoms with E-state index < -0.39 is 0 Å². The molecule has 0 amide bonds. The van der Waals surface area contributed by atoms with E-state index in [9.17, 15) is 0 Å². The van der Waals surface area contributed by atoms with Gasteiger partial charge in [0, 0.05) is 0 Å². The SMILES string of the molecule is CCCCCCCCCCCC(N)N.c1ccc2ccccc2c1. The molecule has 0 atom stereocenters. The van der Waals surface area contributed by atoms with Crippen LogP contribution < -0.4 is 11.5 Å². The summed E-state index contributed by atoms with van der Waals surface area (Å²) < 4.78 is 0. The van der Waals surface area contributed by atoms with E-state index >= 15 is 0 Å². The summed E-state index contributed by atoms with van der Waals surface area (Å²) in [5, 5.41) is 2.62. The van der Waals surface area contributed by atoms with Crippen molar-refractivity contribution in [1.29, 1.82) is 0 Å². The van der Waals surface area contributed by atoms with Crippen molar-refractivity contribution in [1.82, 2.24) is 0 Å². The van der Waals surface area contributed by atoms with E-state index in [0.29, 0.717) is 0 Å². The Morgan fingerprint density at radius 1 is 0.625 bits per heavy atom. The highest BCUT2D eigenvalue weighted by Crippen LogP contribution is 2.11. The number of unbranched alkanes of at least 4 members (excludes halogenated alkanes) is 8. The molecule has 4 N–H and O–H groups in total. The van der Waals surface area contributed by atoms with Crippen molar-refractivity contribution in [3.8, 4) is 0 Å². The zero-order valence-electron chi connectivity index (χ0n) is 15.4. The average Bonchev–Trinajstić information content (AvgIpc) is 2.61. The number of hydrogen-bond donors (Lipinski definition) is 2. The molecule has 2 nitrogen and oxygen atoms in total. The molecule has 0 bridgehead atoms. The Hall–Kier alpha value is -1.38. The summed E-state index contributed by atoms with van der Waals surface area (Å²) in [5.41, 5.74) is 10.9. The van der Waals surface area contributed by atoms with Crippen molar-refractivity contribution in [2.45, 2.75) is 77.3 Å². The van der Waals surface area contributed by atoms with Gasteiger partial charge in [0.25, 0.3) is 0 Å². The molecule has 0 radical (unpaired) electrons. The summed E-state index contributed by atoms with van der Waals surface area (Å²) in [4.78, 5) is 0. The van der Waals surface area contributed by atoms with Gasteiger partial charge < -0.3 is 11.5 Å². The van der Waals surface area contributed by atoms with Crippen LogP contribution in [0, 0.1) is 0 Å². The van der Waals surface area contributed by atoms with Gasteiger partial charge in [-0.25, -0.2) is 0 Å². The lowest BCUT2D eigenvalue weighted by atomic mass is 10.1. The summed E-state index contributed by atoms with van der Waals surface area (Å²) >= 11 is 0. The first-order valence-electron chi connectivity index (χ1n) is 9.69. The van der Waals surface area contributed by atoms with E-state index in [1.807, 2.05) is 0 Å². The molecule has 0 spiro atoms. The molecule has 2 aromatic carbocycles. The van der Waals surface area contributed by atoms with Crippen LogP contribution in [0.3, 0.4) is 0 Å². The molecule has 0 fully saturated rings. The maximum absolute atomic E-state index is 5.47. The highest BCUT2D eigenvalue weighted by Gasteiger charge is 1.94. The molecule has 2 rings (SSSR count). The molecule has 0 aliphatic rings. The molecular weight excluding hydrogens is 292 g/mol. The van der Waals surface area contributed by atoms with Crippen LogP contribution in [0.4, 0.5) is 0 Å². The monoisotopic (exact) mass is 328 g/mol. The van der Waals surface area contributed by atoms with Crippen LogP contribution in [0.15, 0.2) is 48.5 Å². The maximum Gasteiger partial charge on any atom is 0.0520 e. The summed E-state index contributed by atoms with van der Waals surface area (Å²) in [6.07, 6.45) is 13.1. The Labute approximate surface area is 148 Å². The van der Waals surface area contributed by atoms with Crippen LogP contribution in [0.5, 0.6) is 0 Å². The lowest BCUT2D eigenvalue weighted by Gasteiger charge is -2.04. The zero-order valence-corrected chi connectivity index (χ0v) is 15.4. The van der Waals surface area contributed by atoms with Crippen molar-refractivity contribution >= 4 is 10.8 Å². The number of fused-ring (bicyclic) bond motifs is 1. The molecule has 0 aromatic heterocycles. The van der Waals surface area contributed by atoms with Gasteiger partial charge >= 0.3 is 0 Å². The third kappa shape index (κ3) is 10.4. The normalized spacial score (nSPS) is 10.7. The Bertz CT molecular complexity index is 457. The molecule has 0 unspecified atom stereocenters. The summed E-state index contributed by atoms with van der Waals surface area (Å²) in [7, 11) is 0. The minimum atomic E-state index is -0.0976. The van der Waals surface area contributed by atoms with Gasteiger partial charge in [-0.1, -0.05) is 113 Å². The predicted octanol–water partition coefficient (Wildman–Crippen LogP) is 5.99. The lowest BCUT2D eigenvalue weighted by molar-refractivity contribution is 0.530. The zero-order chi connectivity index (χ0) is 17.5. The van der Waals surface area contributed by atoms with Crippen molar-refractivity contribution in [3.05, 3.63) is 48.5 Å². The van der Waals surface area contributed by atoms with Gasteiger partial charge in [0.1, 0.15) is 0 Å². The highest BCUT2D eigenvalue weighted by molar-refractivity contribution is 5.81. The first-order chi connectivity index (χ1) is 11.7. The van der Waals surface area contributed by atoms with Crippen LogP contribution in [-0.2, 0) is 0 Å². The Morgan fingerprint density at radius 3 is 1.38 bits per heavy atom.